The van der Waals surface area contributed by atoms with Gasteiger partial charge in [0.05, 0.1) is 50.2 Å². The van der Waals surface area contributed by atoms with Crippen LogP contribution >= 0.6 is 0 Å². The number of nitrogen functional groups attached to an aromatic ring is 1. The molecule has 0 aliphatic heterocycles. The fourth-order valence-corrected chi connectivity index (χ4v) is 13.2. The van der Waals surface area contributed by atoms with Gasteiger partial charge in [-0.2, -0.15) is 0 Å². The van der Waals surface area contributed by atoms with E-state index in [1.54, 1.807) is 0 Å². The molecule has 0 saturated carbocycles. The molecule has 0 atom stereocenters. The molecular weight excluding hydrogens is 1020 g/mol. The summed E-state index contributed by atoms with van der Waals surface area (Å²) in [7, 11) is 0. The van der Waals surface area contributed by atoms with Gasteiger partial charge in [-0.25, -0.2) is 0 Å². The number of nitrogens with one attached hydrogen (secondary N) is 1. The van der Waals surface area contributed by atoms with Crippen LogP contribution in [-0.2, 0) is 0 Å². The van der Waals surface area contributed by atoms with Crippen molar-refractivity contribution in [1.82, 2.24) is 13.7 Å². The van der Waals surface area contributed by atoms with Gasteiger partial charge in [0, 0.05) is 83.1 Å². The lowest BCUT2D eigenvalue weighted by Gasteiger charge is -2.34. The summed E-state index contributed by atoms with van der Waals surface area (Å²) in [6.45, 7) is 0. The van der Waals surface area contributed by atoms with Gasteiger partial charge in [-0.3, -0.25) is 0 Å². The maximum absolute atomic E-state index is 8.16. The van der Waals surface area contributed by atoms with E-state index in [1.165, 1.54) is 5.39 Å². The molecule has 0 amide bonds. The lowest BCUT2D eigenvalue weighted by atomic mass is 9.85. The van der Waals surface area contributed by atoms with E-state index in [1.807, 2.05) is 0 Å². The number of aromatic nitrogens is 3. The zero-order valence-corrected chi connectivity index (χ0v) is 45.8. The monoisotopic (exact) mass is 1070 g/mol. The Morgan fingerprint density at radius 2 is 0.595 bits per heavy atom. The van der Waals surface area contributed by atoms with Crippen LogP contribution in [0, 0.1) is 0 Å². The maximum atomic E-state index is 8.16. The molecular formula is C78H54N6. The highest BCUT2D eigenvalue weighted by atomic mass is 15.2. The molecule has 3 heterocycles. The van der Waals surface area contributed by atoms with Crippen LogP contribution in [0.3, 0.4) is 0 Å². The lowest BCUT2D eigenvalue weighted by molar-refractivity contribution is 1.18. The van der Waals surface area contributed by atoms with Crippen molar-refractivity contribution in [3.05, 3.63) is 309 Å². The third-order valence-corrected chi connectivity index (χ3v) is 16.7. The van der Waals surface area contributed by atoms with Crippen molar-refractivity contribution in [2.75, 3.05) is 16.0 Å². The molecule has 0 aliphatic rings. The van der Waals surface area contributed by atoms with Crippen LogP contribution in [0.2, 0.25) is 0 Å². The molecule has 396 valence electrons. The molecule has 3 aromatic heterocycles. The van der Waals surface area contributed by atoms with Gasteiger partial charge in [-0.1, -0.05) is 200 Å². The summed E-state index contributed by atoms with van der Waals surface area (Å²) in [5.41, 5.74) is 29.5. The molecule has 16 aromatic rings. The standard InChI is InChI=1S/C78H54N6/c79-76-73(52-25-7-1-8-26-52)77(80-55-43-46-70-64(49-55)61-37-19-22-40-67(61)82(70)56-31-13-4-14-32-56)75(54-29-11-3-12-30-54)78(74(76)53-27-9-2-10-28-53)81(59-44-47-71-65(50-59)62-38-20-23-41-68(62)83(71)57-33-15-5-16-34-57)60-45-48-72-66(51-60)63-39-21-24-42-69(63)84(72)58-35-17-6-18-36-58/h1-51,80H,79H2. The highest BCUT2D eigenvalue weighted by Crippen LogP contribution is 2.58. The number of benzene rings is 13. The molecule has 6 nitrogen and oxygen atoms in total. The topological polar surface area (TPSA) is 56.1 Å². The van der Waals surface area contributed by atoms with E-state index in [2.05, 4.69) is 333 Å². The first kappa shape index (κ1) is 48.6. The van der Waals surface area contributed by atoms with Crippen molar-refractivity contribution in [3.63, 3.8) is 0 Å². The van der Waals surface area contributed by atoms with Gasteiger partial charge in [-0.05, 0) is 126 Å². The summed E-state index contributed by atoms with van der Waals surface area (Å²) in [4.78, 5) is 2.49. The Hall–Kier alpha value is -11.3. The summed E-state index contributed by atoms with van der Waals surface area (Å²) >= 11 is 0. The van der Waals surface area contributed by atoms with Crippen molar-refractivity contribution < 1.29 is 0 Å². The average Bonchev–Trinajstić information content (AvgIpc) is 2.33. The lowest BCUT2D eigenvalue weighted by Crippen LogP contribution is -2.16. The van der Waals surface area contributed by atoms with E-state index in [4.69, 9.17) is 5.73 Å². The summed E-state index contributed by atoms with van der Waals surface area (Å²) in [6.07, 6.45) is 0. The molecule has 0 aliphatic carbocycles. The van der Waals surface area contributed by atoms with Crippen molar-refractivity contribution in [1.29, 1.82) is 0 Å². The van der Waals surface area contributed by atoms with Crippen LogP contribution in [0.1, 0.15) is 0 Å². The third kappa shape index (κ3) is 7.88. The summed E-state index contributed by atoms with van der Waals surface area (Å²) in [5, 5.41) is 11.1. The first-order chi connectivity index (χ1) is 41.6. The molecule has 0 spiro atoms. The molecule has 0 fully saturated rings. The van der Waals surface area contributed by atoms with Crippen LogP contribution in [0.25, 0.3) is 116 Å². The summed E-state index contributed by atoms with van der Waals surface area (Å²) < 4.78 is 7.14. The van der Waals surface area contributed by atoms with Gasteiger partial charge < -0.3 is 29.7 Å². The van der Waals surface area contributed by atoms with Crippen molar-refractivity contribution >= 4 is 99.5 Å². The van der Waals surface area contributed by atoms with Crippen molar-refractivity contribution in [2.24, 2.45) is 0 Å². The predicted octanol–water partition coefficient (Wildman–Crippen LogP) is 20.8. The van der Waals surface area contributed by atoms with E-state index < -0.39 is 0 Å². The fourth-order valence-electron chi connectivity index (χ4n) is 13.2. The molecule has 0 bridgehead atoms. The third-order valence-electron chi connectivity index (χ3n) is 16.7. The number of hydrogen-bond acceptors (Lipinski definition) is 3. The summed E-state index contributed by atoms with van der Waals surface area (Å²) in [5.74, 6) is 0. The predicted molar refractivity (Wildman–Crippen MR) is 355 cm³/mol. The Bertz CT molecular complexity index is 4990. The molecule has 13 aromatic carbocycles. The second-order valence-electron chi connectivity index (χ2n) is 21.5. The highest BCUT2D eigenvalue weighted by molar-refractivity contribution is 6.18. The van der Waals surface area contributed by atoms with E-state index in [9.17, 15) is 0 Å². The number of hydrogen-bond donors (Lipinski definition) is 2. The molecule has 16 rings (SSSR count). The van der Waals surface area contributed by atoms with Crippen LogP contribution in [-0.4, -0.2) is 13.7 Å². The Kier molecular flexibility index (Phi) is 11.6. The molecule has 0 saturated heterocycles. The van der Waals surface area contributed by atoms with Gasteiger partial charge in [0.15, 0.2) is 0 Å². The van der Waals surface area contributed by atoms with Gasteiger partial charge in [0.1, 0.15) is 0 Å². The SMILES string of the molecule is Nc1c(-c2ccccc2)c(Nc2ccc3c(c2)c2ccccc2n3-c2ccccc2)c(-c2ccccc2)c(N(c2ccc3c(c2)c2ccccc2n3-c2ccccc2)c2ccc3c(c2)c2ccccc2n3-c2ccccc2)c1-c1ccccc1. The van der Waals surface area contributed by atoms with E-state index >= 15 is 0 Å². The average molecular weight is 1080 g/mol. The minimum atomic E-state index is 0.653. The Labute approximate surface area is 486 Å². The number of para-hydroxylation sites is 6. The quantitative estimate of drug-likeness (QED) is 0.127. The molecule has 6 heteroatoms. The van der Waals surface area contributed by atoms with Crippen LogP contribution < -0.4 is 16.0 Å². The van der Waals surface area contributed by atoms with E-state index in [0.29, 0.717) is 5.69 Å². The second kappa shape index (κ2) is 20.0. The summed E-state index contributed by atoms with van der Waals surface area (Å²) in [6, 6.07) is 111. The molecule has 3 N–H and O–H groups in total. The first-order valence-electron chi connectivity index (χ1n) is 28.6. The van der Waals surface area contributed by atoms with E-state index in [-0.39, 0.29) is 0 Å². The highest BCUT2D eigenvalue weighted by Gasteiger charge is 2.32. The van der Waals surface area contributed by atoms with Gasteiger partial charge in [0.25, 0.3) is 0 Å². The number of nitrogens with zero attached hydrogens (tertiary/aromatic N) is 4. The minimum absolute atomic E-state index is 0.653. The molecule has 0 radical (unpaired) electrons. The van der Waals surface area contributed by atoms with Gasteiger partial charge >= 0.3 is 0 Å². The number of anilines is 6. The minimum Gasteiger partial charge on any atom is -0.398 e. The number of nitrogens with two attached hydrogens (primary N) is 1. The zero-order valence-electron chi connectivity index (χ0n) is 45.8. The van der Waals surface area contributed by atoms with Crippen molar-refractivity contribution in [2.45, 2.75) is 0 Å². The second-order valence-corrected chi connectivity index (χ2v) is 21.5. The normalized spacial score (nSPS) is 11.6. The van der Waals surface area contributed by atoms with Crippen LogP contribution in [0.4, 0.5) is 34.1 Å². The zero-order chi connectivity index (χ0) is 55.7. The Balaban J connectivity index is 1.04. The van der Waals surface area contributed by atoms with Gasteiger partial charge in [0.2, 0.25) is 0 Å². The Morgan fingerprint density at radius 3 is 1.01 bits per heavy atom. The molecule has 0 unspecified atom stereocenters. The maximum Gasteiger partial charge on any atom is 0.0660 e. The van der Waals surface area contributed by atoms with Crippen LogP contribution in [0.5, 0.6) is 0 Å². The van der Waals surface area contributed by atoms with Crippen LogP contribution in [0.15, 0.2) is 309 Å². The Morgan fingerprint density at radius 1 is 0.274 bits per heavy atom. The van der Waals surface area contributed by atoms with E-state index in [0.717, 1.165) is 139 Å². The van der Waals surface area contributed by atoms with Gasteiger partial charge in [-0.15, -0.1) is 0 Å². The largest absolute Gasteiger partial charge is 0.398 e. The number of rotatable bonds is 11. The van der Waals surface area contributed by atoms with Crippen molar-refractivity contribution in [3.8, 4) is 50.4 Å². The first-order valence-corrected chi connectivity index (χ1v) is 28.6. The molecule has 84 heavy (non-hydrogen) atoms. The fraction of sp³-hybridized carbons (Fsp3) is 0. The smallest absolute Gasteiger partial charge is 0.0660 e. The number of fused-ring (bicyclic) bond motifs is 9.